The molecular formula is C11H15F5O5S. The zero-order valence-corrected chi connectivity index (χ0v) is 12.3. The minimum atomic E-state index is -5.89. The van der Waals surface area contributed by atoms with E-state index in [1.165, 1.54) is 0 Å². The number of hydrogen-bond acceptors (Lipinski definition) is 5. The van der Waals surface area contributed by atoms with Gasteiger partial charge in [-0.2, -0.15) is 30.4 Å². The van der Waals surface area contributed by atoms with Crippen LogP contribution in [0.3, 0.4) is 0 Å². The third-order valence-corrected chi connectivity index (χ3v) is 4.65. The molecule has 11 heteroatoms. The second-order valence-corrected chi connectivity index (χ2v) is 6.66. The first-order chi connectivity index (χ1) is 9.93. The van der Waals surface area contributed by atoms with Crippen LogP contribution in [0.15, 0.2) is 0 Å². The van der Waals surface area contributed by atoms with Gasteiger partial charge in [0.25, 0.3) is 6.10 Å². The van der Waals surface area contributed by atoms with Crippen LogP contribution in [0, 0.1) is 5.92 Å². The molecule has 1 unspecified atom stereocenters. The average Bonchev–Trinajstić information content (AvgIpc) is 2.43. The number of rotatable bonds is 5. The predicted octanol–water partition coefficient (Wildman–Crippen LogP) is 2.61. The number of hydrogen-bond donors (Lipinski definition) is 0. The van der Waals surface area contributed by atoms with Crippen molar-refractivity contribution in [1.82, 2.24) is 0 Å². The second kappa shape index (κ2) is 6.65. The van der Waals surface area contributed by atoms with E-state index in [-0.39, 0.29) is 12.8 Å². The molecule has 1 aliphatic rings. The standard InChI is InChI=1S/C11H15F5O5S/c1-20-22(18,19)11(15,16)9(10(12,13)14)21-8(17)7-5-3-2-4-6-7/h7,9H,2-6H2,1H3. The van der Waals surface area contributed by atoms with Crippen LogP contribution in [0.2, 0.25) is 0 Å². The Bertz CT molecular complexity index is 495. The van der Waals surface area contributed by atoms with Gasteiger partial charge in [-0.3, -0.25) is 8.98 Å². The topological polar surface area (TPSA) is 69.7 Å². The predicted molar refractivity (Wildman–Crippen MR) is 63.4 cm³/mol. The fourth-order valence-electron chi connectivity index (χ4n) is 2.12. The van der Waals surface area contributed by atoms with E-state index in [0.717, 1.165) is 6.42 Å². The Morgan fingerprint density at radius 1 is 1.09 bits per heavy atom. The van der Waals surface area contributed by atoms with Gasteiger partial charge in [0, 0.05) is 0 Å². The third-order valence-electron chi connectivity index (χ3n) is 3.33. The van der Waals surface area contributed by atoms with E-state index in [1.807, 2.05) is 0 Å². The SMILES string of the molecule is COS(=O)(=O)C(F)(F)C(OC(=O)C1CCCCC1)C(F)(F)F. The molecule has 0 bridgehead atoms. The van der Waals surface area contributed by atoms with Crippen LogP contribution < -0.4 is 0 Å². The monoisotopic (exact) mass is 354 g/mol. The maximum Gasteiger partial charge on any atom is 0.432 e. The van der Waals surface area contributed by atoms with E-state index in [2.05, 4.69) is 8.92 Å². The van der Waals surface area contributed by atoms with Crippen molar-refractivity contribution in [2.45, 2.75) is 49.6 Å². The van der Waals surface area contributed by atoms with Crippen LogP contribution in [0.25, 0.3) is 0 Å². The molecule has 0 aromatic carbocycles. The van der Waals surface area contributed by atoms with Crippen molar-refractivity contribution in [2.75, 3.05) is 7.11 Å². The Balaban J connectivity index is 3.02. The summed E-state index contributed by atoms with van der Waals surface area (Å²) in [4.78, 5) is 11.6. The Kier molecular flexibility index (Phi) is 5.77. The Morgan fingerprint density at radius 3 is 2.00 bits per heavy atom. The quantitative estimate of drug-likeness (QED) is 0.431. The molecule has 0 N–H and O–H groups in total. The molecule has 0 spiro atoms. The maximum atomic E-state index is 13.6. The van der Waals surface area contributed by atoms with Crippen LogP contribution in [0.4, 0.5) is 22.0 Å². The normalized spacial score (nSPS) is 19.7. The molecule has 0 aliphatic heterocycles. The highest BCUT2D eigenvalue weighted by Crippen LogP contribution is 2.40. The lowest BCUT2D eigenvalue weighted by atomic mass is 9.89. The molecule has 1 atom stereocenters. The molecule has 22 heavy (non-hydrogen) atoms. The van der Waals surface area contributed by atoms with Gasteiger partial charge >= 0.3 is 27.5 Å². The van der Waals surface area contributed by atoms with E-state index < -0.39 is 39.5 Å². The van der Waals surface area contributed by atoms with Crippen LogP contribution in [0.1, 0.15) is 32.1 Å². The van der Waals surface area contributed by atoms with Gasteiger partial charge in [-0.05, 0) is 12.8 Å². The summed E-state index contributed by atoms with van der Waals surface area (Å²) in [6, 6.07) is 0. The summed E-state index contributed by atoms with van der Waals surface area (Å²) in [7, 11) is -5.60. The van der Waals surface area contributed by atoms with Crippen molar-refractivity contribution in [3.63, 3.8) is 0 Å². The van der Waals surface area contributed by atoms with Crippen LogP contribution in [-0.2, 0) is 23.8 Å². The lowest BCUT2D eigenvalue weighted by Crippen LogP contribution is -2.53. The van der Waals surface area contributed by atoms with Gasteiger partial charge < -0.3 is 4.74 Å². The zero-order chi connectivity index (χ0) is 17.2. The van der Waals surface area contributed by atoms with Gasteiger partial charge in [-0.25, -0.2) is 0 Å². The Labute approximate surface area is 123 Å². The summed E-state index contributed by atoms with van der Waals surface area (Å²) in [5, 5.41) is -5.44. The lowest BCUT2D eigenvalue weighted by molar-refractivity contribution is -0.261. The van der Waals surface area contributed by atoms with Gasteiger partial charge in [-0.1, -0.05) is 19.3 Å². The molecule has 0 radical (unpaired) electrons. The van der Waals surface area contributed by atoms with E-state index >= 15 is 0 Å². The molecular weight excluding hydrogens is 339 g/mol. The average molecular weight is 354 g/mol. The van der Waals surface area contributed by atoms with Crippen molar-refractivity contribution >= 4 is 16.1 Å². The molecule has 0 saturated heterocycles. The highest BCUT2D eigenvalue weighted by molar-refractivity contribution is 7.87. The van der Waals surface area contributed by atoms with Crippen molar-refractivity contribution in [1.29, 1.82) is 0 Å². The molecule has 1 rings (SSSR count). The van der Waals surface area contributed by atoms with Crippen molar-refractivity contribution in [2.24, 2.45) is 5.92 Å². The zero-order valence-electron chi connectivity index (χ0n) is 11.5. The molecule has 1 aliphatic carbocycles. The summed E-state index contributed by atoms with van der Waals surface area (Å²) >= 11 is 0. The van der Waals surface area contributed by atoms with E-state index in [4.69, 9.17) is 0 Å². The molecule has 0 aromatic heterocycles. The van der Waals surface area contributed by atoms with Gasteiger partial charge in [0.15, 0.2) is 0 Å². The Morgan fingerprint density at radius 2 is 1.59 bits per heavy atom. The van der Waals surface area contributed by atoms with Crippen molar-refractivity contribution < 1.29 is 44.1 Å². The summed E-state index contributed by atoms with van der Waals surface area (Å²) in [6.45, 7) is 0. The first-order valence-electron chi connectivity index (χ1n) is 6.38. The fourth-order valence-corrected chi connectivity index (χ4v) is 2.78. The Hall–Kier alpha value is -0.970. The van der Waals surface area contributed by atoms with E-state index in [9.17, 15) is 35.2 Å². The van der Waals surface area contributed by atoms with Gasteiger partial charge in [0.05, 0.1) is 13.0 Å². The smallest absolute Gasteiger partial charge is 0.432 e. The first kappa shape index (κ1) is 19.1. The molecule has 1 fully saturated rings. The molecule has 0 heterocycles. The number of halogens is 5. The van der Waals surface area contributed by atoms with E-state index in [1.54, 1.807) is 0 Å². The minimum Gasteiger partial charge on any atom is -0.444 e. The molecule has 0 aromatic rings. The van der Waals surface area contributed by atoms with Crippen LogP contribution in [0.5, 0.6) is 0 Å². The van der Waals surface area contributed by atoms with Crippen LogP contribution in [-0.4, -0.2) is 39.0 Å². The highest BCUT2D eigenvalue weighted by atomic mass is 32.2. The number of alkyl halides is 5. The number of carbonyl (C=O) groups excluding carboxylic acids is 1. The van der Waals surface area contributed by atoms with Gasteiger partial charge in [0.1, 0.15) is 0 Å². The summed E-state index contributed by atoms with van der Waals surface area (Å²) in [5.74, 6) is -2.42. The summed E-state index contributed by atoms with van der Waals surface area (Å²) in [5.41, 5.74) is 0. The van der Waals surface area contributed by atoms with Gasteiger partial charge in [0.2, 0.25) is 0 Å². The lowest BCUT2D eigenvalue weighted by Gasteiger charge is -2.29. The number of ether oxygens (including phenoxy) is 1. The van der Waals surface area contributed by atoms with Crippen LogP contribution >= 0.6 is 0 Å². The van der Waals surface area contributed by atoms with Crippen molar-refractivity contribution in [3.8, 4) is 0 Å². The molecule has 5 nitrogen and oxygen atoms in total. The second-order valence-electron chi connectivity index (χ2n) is 4.88. The number of esters is 1. The third kappa shape index (κ3) is 4.06. The largest absolute Gasteiger partial charge is 0.444 e. The highest BCUT2D eigenvalue weighted by Gasteiger charge is 2.66. The minimum absolute atomic E-state index is 0.214. The summed E-state index contributed by atoms with van der Waals surface area (Å²) < 4.78 is 94.6. The number of carbonyl (C=O) groups is 1. The fraction of sp³-hybridized carbons (Fsp3) is 0.909. The molecule has 130 valence electrons. The van der Waals surface area contributed by atoms with Crippen molar-refractivity contribution in [3.05, 3.63) is 0 Å². The molecule has 0 amide bonds. The summed E-state index contributed by atoms with van der Waals surface area (Å²) in [6.07, 6.45) is -7.55. The van der Waals surface area contributed by atoms with Gasteiger partial charge in [-0.15, -0.1) is 0 Å². The first-order valence-corrected chi connectivity index (χ1v) is 7.79. The van der Waals surface area contributed by atoms with E-state index in [0.29, 0.717) is 20.0 Å². The molecule has 1 saturated carbocycles. The maximum absolute atomic E-state index is 13.6.